The molecule has 0 unspecified atom stereocenters. The average Bonchev–Trinajstić information content (AvgIpc) is 3.31. The molecular weight excluding hydrogens is 464 g/mol. The van der Waals surface area contributed by atoms with Crippen LogP contribution in [-0.2, 0) is 20.0 Å². The minimum Gasteiger partial charge on any atom is -0.340 e. The number of hydrogen-bond acceptors (Lipinski definition) is 5. The zero-order chi connectivity index (χ0) is 25.4. The molecule has 8 heteroatoms. The molecule has 0 spiro atoms. The predicted octanol–water partition coefficient (Wildman–Crippen LogP) is 2.99. The van der Waals surface area contributed by atoms with Crippen LogP contribution in [-0.4, -0.2) is 56.7 Å². The molecule has 0 bridgehead atoms. The van der Waals surface area contributed by atoms with Crippen molar-refractivity contribution in [2.75, 3.05) is 37.6 Å². The molecule has 1 N–H and O–H groups in total. The van der Waals surface area contributed by atoms with Crippen molar-refractivity contribution in [3.8, 4) is 0 Å². The number of aromatic nitrogens is 4. The first kappa shape index (κ1) is 23.2. The number of nitrogens with one attached hydrogen (secondary N) is 1. The van der Waals surface area contributed by atoms with E-state index in [9.17, 15) is 9.59 Å². The molecule has 1 saturated heterocycles. The van der Waals surface area contributed by atoms with Crippen LogP contribution in [0.25, 0.3) is 21.9 Å². The van der Waals surface area contributed by atoms with E-state index < -0.39 is 11.2 Å². The normalized spacial score (nSPS) is 14.6. The fraction of sp³-hybridized carbons (Fsp3) is 0.276. The molecule has 5 aromatic rings. The van der Waals surface area contributed by atoms with Crippen LogP contribution in [0.5, 0.6) is 0 Å². The van der Waals surface area contributed by atoms with Crippen molar-refractivity contribution in [2.24, 2.45) is 7.05 Å². The van der Waals surface area contributed by atoms with Gasteiger partial charge in [0, 0.05) is 39.8 Å². The van der Waals surface area contributed by atoms with Gasteiger partial charge in [0.1, 0.15) is 0 Å². The Balaban J connectivity index is 1.33. The molecule has 3 heterocycles. The summed E-state index contributed by atoms with van der Waals surface area (Å²) in [5, 5.41) is 2.30. The van der Waals surface area contributed by atoms with Crippen LogP contribution in [0.15, 0.2) is 82.4 Å². The number of rotatable bonds is 6. The van der Waals surface area contributed by atoms with Crippen molar-refractivity contribution in [3.05, 3.63) is 105 Å². The Morgan fingerprint density at radius 1 is 0.865 bits per heavy atom. The quantitative estimate of drug-likeness (QED) is 0.393. The minimum absolute atomic E-state index is 0.404. The molecule has 0 atom stereocenters. The van der Waals surface area contributed by atoms with Gasteiger partial charge in [-0.15, -0.1) is 0 Å². The highest BCUT2D eigenvalue weighted by Crippen LogP contribution is 2.25. The third-order valence-corrected chi connectivity index (χ3v) is 7.41. The monoisotopic (exact) mass is 494 g/mol. The molecule has 188 valence electrons. The molecule has 0 saturated carbocycles. The van der Waals surface area contributed by atoms with Gasteiger partial charge in [-0.25, -0.2) is 4.79 Å². The molecule has 1 aliphatic heterocycles. The SMILES string of the molecule is Cn1c(=O)[nH]c(=O)c2c1nc(N1CCN(CCc3ccccc3)CC1)n2Cc1cccc2ccccc12. The Labute approximate surface area is 214 Å². The first-order valence-corrected chi connectivity index (χ1v) is 12.8. The molecule has 2 aromatic heterocycles. The lowest BCUT2D eigenvalue weighted by atomic mass is 10.0. The molecule has 1 aliphatic rings. The molecule has 37 heavy (non-hydrogen) atoms. The molecule has 1 fully saturated rings. The van der Waals surface area contributed by atoms with Gasteiger partial charge in [0.25, 0.3) is 5.56 Å². The maximum atomic E-state index is 13.0. The third-order valence-electron chi connectivity index (χ3n) is 7.41. The number of benzene rings is 3. The number of hydrogen-bond donors (Lipinski definition) is 1. The van der Waals surface area contributed by atoms with Gasteiger partial charge in [-0.1, -0.05) is 72.8 Å². The molecule has 0 amide bonds. The highest BCUT2D eigenvalue weighted by atomic mass is 16.2. The van der Waals surface area contributed by atoms with Crippen molar-refractivity contribution in [3.63, 3.8) is 0 Å². The van der Waals surface area contributed by atoms with Crippen LogP contribution in [0.2, 0.25) is 0 Å². The van der Waals surface area contributed by atoms with Gasteiger partial charge in [0.15, 0.2) is 11.2 Å². The lowest BCUT2D eigenvalue weighted by Gasteiger charge is -2.35. The summed E-state index contributed by atoms with van der Waals surface area (Å²) >= 11 is 0. The lowest BCUT2D eigenvalue weighted by molar-refractivity contribution is 0.259. The Bertz CT molecular complexity index is 1670. The van der Waals surface area contributed by atoms with Crippen LogP contribution in [0.4, 0.5) is 5.95 Å². The summed E-state index contributed by atoms with van der Waals surface area (Å²) in [4.78, 5) is 37.4. The minimum atomic E-state index is -0.454. The Morgan fingerprint density at radius 3 is 2.41 bits per heavy atom. The third kappa shape index (κ3) is 4.44. The van der Waals surface area contributed by atoms with Gasteiger partial charge in [0.2, 0.25) is 5.95 Å². The fourth-order valence-corrected chi connectivity index (χ4v) is 5.32. The molecular formula is C29H30N6O2. The summed E-state index contributed by atoms with van der Waals surface area (Å²) in [6.07, 6.45) is 1.03. The summed E-state index contributed by atoms with van der Waals surface area (Å²) in [7, 11) is 1.65. The van der Waals surface area contributed by atoms with Crippen molar-refractivity contribution in [2.45, 2.75) is 13.0 Å². The van der Waals surface area contributed by atoms with E-state index in [0.29, 0.717) is 17.7 Å². The maximum absolute atomic E-state index is 13.0. The Hall–Kier alpha value is -4.17. The van der Waals surface area contributed by atoms with Crippen LogP contribution in [0.3, 0.4) is 0 Å². The first-order valence-electron chi connectivity index (χ1n) is 12.8. The van der Waals surface area contributed by atoms with Crippen LogP contribution in [0.1, 0.15) is 11.1 Å². The highest BCUT2D eigenvalue weighted by Gasteiger charge is 2.25. The molecule has 0 radical (unpaired) electrons. The molecule has 6 rings (SSSR count). The first-order chi connectivity index (χ1) is 18.1. The number of nitrogens with zero attached hydrogens (tertiary/aromatic N) is 5. The van der Waals surface area contributed by atoms with E-state index in [0.717, 1.165) is 61.4 Å². The van der Waals surface area contributed by atoms with Crippen LogP contribution in [0, 0.1) is 0 Å². The number of aromatic amines is 1. The second kappa shape index (κ2) is 9.71. The zero-order valence-electron chi connectivity index (χ0n) is 20.9. The van der Waals surface area contributed by atoms with Gasteiger partial charge >= 0.3 is 5.69 Å². The highest BCUT2D eigenvalue weighted by molar-refractivity contribution is 5.86. The zero-order valence-corrected chi connectivity index (χ0v) is 20.9. The maximum Gasteiger partial charge on any atom is 0.329 e. The van der Waals surface area contributed by atoms with Crippen LogP contribution < -0.4 is 16.1 Å². The van der Waals surface area contributed by atoms with Crippen molar-refractivity contribution in [1.82, 2.24) is 24.0 Å². The molecule has 0 aliphatic carbocycles. The Morgan fingerprint density at radius 2 is 1.59 bits per heavy atom. The van der Waals surface area contributed by atoms with Gasteiger partial charge in [0.05, 0.1) is 6.54 Å². The number of H-pyrrole nitrogens is 1. The summed E-state index contributed by atoms with van der Waals surface area (Å²) in [6, 6.07) is 25.1. The number of fused-ring (bicyclic) bond motifs is 2. The number of anilines is 1. The van der Waals surface area contributed by atoms with Gasteiger partial charge in [-0.05, 0) is 28.3 Å². The van der Waals surface area contributed by atoms with E-state index in [-0.39, 0.29) is 0 Å². The summed E-state index contributed by atoms with van der Waals surface area (Å²) in [5.74, 6) is 0.734. The van der Waals surface area contributed by atoms with Gasteiger partial charge < -0.3 is 4.90 Å². The predicted molar refractivity (Wildman–Crippen MR) is 147 cm³/mol. The van der Waals surface area contributed by atoms with Crippen molar-refractivity contribution in [1.29, 1.82) is 0 Å². The summed E-state index contributed by atoms with van der Waals surface area (Å²) < 4.78 is 3.41. The lowest BCUT2D eigenvalue weighted by Crippen LogP contribution is -2.47. The second-order valence-electron chi connectivity index (χ2n) is 9.69. The van der Waals surface area contributed by atoms with E-state index >= 15 is 0 Å². The summed E-state index contributed by atoms with van der Waals surface area (Å²) in [6.45, 7) is 4.94. The summed E-state index contributed by atoms with van der Waals surface area (Å²) in [5.41, 5.74) is 2.44. The van der Waals surface area contributed by atoms with E-state index in [4.69, 9.17) is 4.98 Å². The number of aryl methyl sites for hydroxylation is 1. The number of piperazine rings is 1. The number of imidazole rings is 1. The second-order valence-corrected chi connectivity index (χ2v) is 9.69. The largest absolute Gasteiger partial charge is 0.340 e. The average molecular weight is 495 g/mol. The fourth-order valence-electron chi connectivity index (χ4n) is 5.32. The standard InChI is InChI=1S/C29H30N6O2/c1-32-26-25(27(36)31-29(32)37)35(20-23-12-7-11-22-10-5-6-13-24(22)23)28(30-26)34-18-16-33(17-19-34)15-14-21-8-3-2-4-9-21/h2-13H,14-20H2,1H3,(H,31,36,37). The van der Waals surface area contributed by atoms with E-state index in [1.54, 1.807) is 7.05 Å². The van der Waals surface area contributed by atoms with E-state index in [1.807, 2.05) is 28.8 Å². The van der Waals surface area contributed by atoms with Crippen molar-refractivity contribution < 1.29 is 0 Å². The van der Waals surface area contributed by atoms with E-state index in [1.165, 1.54) is 10.1 Å². The van der Waals surface area contributed by atoms with Gasteiger partial charge in [-0.2, -0.15) is 4.98 Å². The van der Waals surface area contributed by atoms with E-state index in [2.05, 4.69) is 63.3 Å². The molecule has 3 aromatic carbocycles. The topological polar surface area (TPSA) is 79.2 Å². The van der Waals surface area contributed by atoms with Crippen LogP contribution >= 0.6 is 0 Å². The van der Waals surface area contributed by atoms with Gasteiger partial charge in [-0.3, -0.25) is 23.8 Å². The Kier molecular flexibility index (Phi) is 6.10. The van der Waals surface area contributed by atoms with Crippen molar-refractivity contribution >= 4 is 27.9 Å². The smallest absolute Gasteiger partial charge is 0.329 e. The molecule has 8 nitrogen and oxygen atoms in total.